The lowest BCUT2D eigenvalue weighted by molar-refractivity contribution is -0.141. The van der Waals surface area contributed by atoms with E-state index in [-0.39, 0.29) is 0 Å². The Morgan fingerprint density at radius 1 is 1.15 bits per heavy atom. The maximum Gasteiger partial charge on any atom is 0.433 e. The van der Waals surface area contributed by atoms with Crippen molar-refractivity contribution in [2.45, 2.75) is 31.2 Å². The molecule has 5 rings (SSSR count). The summed E-state index contributed by atoms with van der Waals surface area (Å²) in [5.41, 5.74) is 1.20. The number of pyridine rings is 2. The molecule has 0 aromatic carbocycles. The van der Waals surface area contributed by atoms with E-state index in [4.69, 9.17) is 0 Å². The smallest absolute Gasteiger partial charge is 0.360 e. The Labute approximate surface area is 148 Å². The van der Waals surface area contributed by atoms with Crippen molar-refractivity contribution < 1.29 is 13.2 Å². The van der Waals surface area contributed by atoms with Crippen LogP contribution in [0.2, 0.25) is 0 Å². The monoisotopic (exact) mass is 359 g/mol. The lowest BCUT2D eigenvalue weighted by Gasteiger charge is -2.57. The number of fused-ring (bicyclic) bond motifs is 2. The van der Waals surface area contributed by atoms with Crippen LogP contribution in [0.15, 0.2) is 36.7 Å². The highest BCUT2D eigenvalue weighted by Gasteiger charge is 2.45. The van der Waals surface area contributed by atoms with Crippen LogP contribution in [0, 0.1) is 11.3 Å². The zero-order valence-corrected chi connectivity index (χ0v) is 13.8. The van der Waals surface area contributed by atoms with Crippen molar-refractivity contribution in [3.8, 4) is 6.07 Å². The fourth-order valence-corrected chi connectivity index (χ4v) is 3.85. The molecule has 5 heterocycles. The van der Waals surface area contributed by atoms with Gasteiger partial charge >= 0.3 is 6.18 Å². The summed E-state index contributed by atoms with van der Waals surface area (Å²) < 4.78 is 37.8. The van der Waals surface area contributed by atoms with Crippen LogP contribution in [0.4, 0.5) is 18.9 Å². The van der Waals surface area contributed by atoms with Gasteiger partial charge in [-0.15, -0.1) is 0 Å². The molecule has 8 heteroatoms. The second-order valence-corrected chi connectivity index (χ2v) is 6.68. The van der Waals surface area contributed by atoms with Gasteiger partial charge in [0, 0.05) is 44.1 Å². The third kappa shape index (κ3) is 2.99. The third-order valence-corrected chi connectivity index (χ3v) is 4.96. The van der Waals surface area contributed by atoms with Crippen LogP contribution >= 0.6 is 0 Å². The van der Waals surface area contributed by atoms with Gasteiger partial charge in [-0.25, -0.2) is 4.98 Å². The number of piperazine rings is 1. The van der Waals surface area contributed by atoms with Gasteiger partial charge in [-0.1, -0.05) is 6.07 Å². The number of aromatic nitrogens is 2. The Bertz CT molecular complexity index is 831. The fraction of sp³-hybridized carbons (Fsp3) is 0.389. The van der Waals surface area contributed by atoms with E-state index in [2.05, 4.69) is 25.8 Å². The maximum absolute atomic E-state index is 12.6. The predicted molar refractivity (Wildman–Crippen MR) is 88.1 cm³/mol. The van der Waals surface area contributed by atoms with Crippen LogP contribution in [-0.4, -0.2) is 40.0 Å². The van der Waals surface area contributed by atoms with Crippen molar-refractivity contribution in [3.63, 3.8) is 0 Å². The molecule has 2 atom stereocenters. The molecule has 3 saturated heterocycles. The van der Waals surface area contributed by atoms with Gasteiger partial charge in [0.15, 0.2) is 5.69 Å². The van der Waals surface area contributed by atoms with Crippen molar-refractivity contribution >= 4 is 5.69 Å². The second-order valence-electron chi connectivity index (χ2n) is 6.68. The number of anilines is 1. The number of piperidine rings is 1. The first-order valence-corrected chi connectivity index (χ1v) is 8.33. The van der Waals surface area contributed by atoms with E-state index < -0.39 is 11.9 Å². The number of hydrogen-bond donors (Lipinski definition) is 0. The molecule has 0 saturated carbocycles. The van der Waals surface area contributed by atoms with Crippen molar-refractivity contribution in [1.29, 1.82) is 5.26 Å². The zero-order valence-electron chi connectivity index (χ0n) is 13.8. The molecule has 3 fully saturated rings. The molecule has 2 unspecified atom stereocenters. The van der Waals surface area contributed by atoms with E-state index in [0.29, 0.717) is 24.3 Å². The first-order chi connectivity index (χ1) is 12.5. The molecular formula is C18H16F3N5. The summed E-state index contributed by atoms with van der Waals surface area (Å²) in [6.45, 7) is 2.18. The van der Waals surface area contributed by atoms with Crippen molar-refractivity contribution in [1.82, 2.24) is 14.9 Å². The molecule has 2 aromatic rings. The van der Waals surface area contributed by atoms with E-state index in [1.807, 2.05) is 12.1 Å². The van der Waals surface area contributed by atoms with Crippen LogP contribution in [0.3, 0.4) is 0 Å². The summed E-state index contributed by atoms with van der Waals surface area (Å²) in [5.74, 6) is 0. The Balaban J connectivity index is 1.42. The number of nitriles is 1. The Morgan fingerprint density at radius 3 is 2.54 bits per heavy atom. The van der Waals surface area contributed by atoms with Crippen LogP contribution in [-0.2, 0) is 12.7 Å². The summed E-state index contributed by atoms with van der Waals surface area (Å²) in [4.78, 5) is 12.1. The number of rotatable bonds is 3. The number of nitrogens with zero attached hydrogens (tertiary/aromatic N) is 5. The van der Waals surface area contributed by atoms with Crippen LogP contribution in [0.5, 0.6) is 0 Å². The molecule has 0 N–H and O–H groups in total. The minimum absolute atomic E-state index is 0.299. The predicted octanol–water partition coefficient (Wildman–Crippen LogP) is 2.83. The largest absolute Gasteiger partial charge is 0.433 e. The summed E-state index contributed by atoms with van der Waals surface area (Å²) in [5, 5.41) is 9.24. The van der Waals surface area contributed by atoms with E-state index in [9.17, 15) is 18.4 Å². The SMILES string of the molecule is N#Cc1ncccc1N1C2CC1CN(Cc1ccc(C(F)(F)F)nc1)C2. The van der Waals surface area contributed by atoms with Gasteiger partial charge in [0.25, 0.3) is 0 Å². The quantitative estimate of drug-likeness (QED) is 0.844. The average molecular weight is 359 g/mol. The average Bonchev–Trinajstić information content (AvgIpc) is 2.62. The lowest BCUT2D eigenvalue weighted by Crippen LogP contribution is -2.69. The fourth-order valence-electron chi connectivity index (χ4n) is 3.85. The van der Waals surface area contributed by atoms with Crippen molar-refractivity contribution in [3.05, 3.63) is 53.6 Å². The molecular weight excluding hydrogens is 343 g/mol. The van der Waals surface area contributed by atoms with Crippen LogP contribution in [0.25, 0.3) is 0 Å². The summed E-state index contributed by atoms with van der Waals surface area (Å²) in [7, 11) is 0. The molecule has 2 bridgehead atoms. The number of hydrogen-bond acceptors (Lipinski definition) is 5. The Kier molecular flexibility index (Phi) is 4.04. The van der Waals surface area contributed by atoms with Gasteiger partial charge < -0.3 is 4.90 Å². The van der Waals surface area contributed by atoms with Crippen molar-refractivity contribution in [2.24, 2.45) is 0 Å². The molecule has 3 aliphatic rings. The Hall–Kier alpha value is -2.66. The number of alkyl halides is 3. The topological polar surface area (TPSA) is 56.1 Å². The van der Waals surface area contributed by atoms with Crippen LogP contribution < -0.4 is 4.90 Å². The lowest BCUT2D eigenvalue weighted by atomic mass is 9.86. The Morgan fingerprint density at radius 2 is 1.92 bits per heavy atom. The maximum atomic E-state index is 12.6. The molecule has 0 spiro atoms. The highest BCUT2D eigenvalue weighted by Crippen LogP contribution is 2.38. The molecule has 134 valence electrons. The first-order valence-electron chi connectivity index (χ1n) is 8.33. The molecule has 2 aromatic heterocycles. The molecule has 0 aliphatic carbocycles. The summed E-state index contributed by atoms with van der Waals surface area (Å²) in [6, 6.07) is 9.00. The van der Waals surface area contributed by atoms with Gasteiger partial charge in [0.2, 0.25) is 0 Å². The van der Waals surface area contributed by atoms with E-state index in [1.54, 1.807) is 6.20 Å². The van der Waals surface area contributed by atoms with Crippen molar-refractivity contribution in [2.75, 3.05) is 18.0 Å². The van der Waals surface area contributed by atoms with Gasteiger partial charge in [-0.2, -0.15) is 18.4 Å². The second kappa shape index (κ2) is 6.25. The highest BCUT2D eigenvalue weighted by molar-refractivity contribution is 5.60. The first kappa shape index (κ1) is 16.8. The molecule has 26 heavy (non-hydrogen) atoms. The molecule has 0 radical (unpaired) electrons. The standard InChI is InChI=1S/C18H16F3N5/c19-18(20,21)17-4-3-12(8-24-17)9-25-10-13-6-14(11-25)26(13)16-2-1-5-23-15(16)7-22/h1-5,8,13-14H,6,9-11H2. The van der Waals surface area contributed by atoms with Gasteiger partial charge in [0.1, 0.15) is 11.8 Å². The highest BCUT2D eigenvalue weighted by atomic mass is 19.4. The minimum Gasteiger partial charge on any atom is -0.360 e. The molecule has 5 nitrogen and oxygen atoms in total. The third-order valence-electron chi connectivity index (χ3n) is 4.96. The summed E-state index contributed by atoms with van der Waals surface area (Å²) >= 11 is 0. The number of halogens is 3. The summed E-state index contributed by atoms with van der Waals surface area (Å²) in [6.07, 6.45) is -0.438. The minimum atomic E-state index is -4.41. The zero-order chi connectivity index (χ0) is 18.3. The normalized spacial score (nSPS) is 22.6. The van der Waals surface area contributed by atoms with E-state index >= 15 is 0 Å². The molecule has 3 aliphatic heterocycles. The van der Waals surface area contributed by atoms with Gasteiger partial charge in [-0.3, -0.25) is 9.88 Å². The van der Waals surface area contributed by atoms with Gasteiger partial charge in [-0.05, 0) is 30.2 Å². The van der Waals surface area contributed by atoms with E-state index in [1.165, 1.54) is 12.3 Å². The van der Waals surface area contributed by atoms with Crippen LogP contribution in [0.1, 0.15) is 23.4 Å². The van der Waals surface area contributed by atoms with Gasteiger partial charge in [0.05, 0.1) is 5.69 Å². The van der Waals surface area contributed by atoms with E-state index in [0.717, 1.165) is 36.8 Å². The molecule has 0 amide bonds.